The molecule has 9 heteroatoms. The molecule has 124 valence electrons. The Kier molecular flexibility index (Phi) is 3.49. The second-order valence-electron chi connectivity index (χ2n) is 6.37. The van der Waals surface area contributed by atoms with Crippen molar-refractivity contribution in [2.45, 2.75) is 43.9 Å². The van der Waals surface area contributed by atoms with Gasteiger partial charge in [-0.2, -0.15) is 14.6 Å². The lowest BCUT2D eigenvalue weighted by Gasteiger charge is -2.34. The van der Waals surface area contributed by atoms with Crippen LogP contribution >= 0.6 is 0 Å². The van der Waals surface area contributed by atoms with Crippen molar-refractivity contribution in [1.82, 2.24) is 24.3 Å². The first-order valence-electron chi connectivity index (χ1n) is 7.96. The fourth-order valence-corrected chi connectivity index (χ4v) is 4.73. The summed E-state index contributed by atoms with van der Waals surface area (Å²) >= 11 is 0. The maximum Gasteiger partial charge on any atom is 0.254 e. The van der Waals surface area contributed by atoms with Gasteiger partial charge in [0, 0.05) is 30.9 Å². The van der Waals surface area contributed by atoms with Crippen LogP contribution in [0.2, 0.25) is 0 Å². The van der Waals surface area contributed by atoms with Crippen LogP contribution in [-0.2, 0) is 10.0 Å². The topological polar surface area (TPSA) is 92.5 Å². The highest BCUT2D eigenvalue weighted by molar-refractivity contribution is 7.90. The molecule has 1 saturated heterocycles. The lowest BCUT2D eigenvalue weighted by molar-refractivity contribution is 0.461. The molecule has 4 rings (SSSR count). The minimum Gasteiger partial charge on any atom is -0.355 e. The van der Waals surface area contributed by atoms with Gasteiger partial charge in [0.15, 0.2) is 0 Å². The molecule has 0 amide bonds. The molecule has 2 aliphatic rings. The van der Waals surface area contributed by atoms with E-state index in [-0.39, 0.29) is 11.3 Å². The summed E-state index contributed by atoms with van der Waals surface area (Å²) in [6.45, 7) is 3.44. The zero-order valence-corrected chi connectivity index (χ0v) is 13.8. The molecular weight excluding hydrogens is 316 g/mol. The summed E-state index contributed by atoms with van der Waals surface area (Å²) in [7, 11) is -3.16. The molecule has 2 aromatic heterocycles. The Morgan fingerprint density at radius 2 is 2.13 bits per heavy atom. The Labute approximate surface area is 135 Å². The Bertz CT molecular complexity index is 829. The van der Waals surface area contributed by atoms with Gasteiger partial charge in [0.2, 0.25) is 10.0 Å². The number of fused-ring (bicyclic) bond motifs is 1. The first-order valence-corrected chi connectivity index (χ1v) is 9.51. The lowest BCUT2D eigenvalue weighted by Crippen LogP contribution is -2.49. The third-order valence-corrected chi connectivity index (χ3v) is 6.41. The predicted octanol–water partition coefficient (Wildman–Crippen LogP) is 0.483. The zero-order valence-electron chi connectivity index (χ0n) is 13.0. The van der Waals surface area contributed by atoms with E-state index in [4.69, 9.17) is 0 Å². The highest BCUT2D eigenvalue weighted by Crippen LogP contribution is 2.29. The first-order chi connectivity index (χ1) is 11.0. The fraction of sp³-hybridized carbons (Fsp3) is 0.643. The highest BCUT2D eigenvalue weighted by atomic mass is 32.2. The van der Waals surface area contributed by atoms with Crippen molar-refractivity contribution in [2.24, 2.45) is 0 Å². The number of hydrogen-bond acceptors (Lipinski definition) is 6. The van der Waals surface area contributed by atoms with E-state index in [0.29, 0.717) is 12.3 Å². The van der Waals surface area contributed by atoms with E-state index < -0.39 is 10.0 Å². The molecule has 0 bridgehead atoms. The SMILES string of the molecule is Cc1cc(N2CCCC(NS(=O)(=O)C3CC3)C2)n2ncnc2n1. The van der Waals surface area contributed by atoms with Gasteiger partial charge in [0.1, 0.15) is 12.1 Å². The van der Waals surface area contributed by atoms with Crippen LogP contribution in [0.15, 0.2) is 12.4 Å². The lowest BCUT2D eigenvalue weighted by atomic mass is 10.1. The van der Waals surface area contributed by atoms with E-state index in [1.54, 1.807) is 4.52 Å². The molecular formula is C14H20N6O2S. The van der Waals surface area contributed by atoms with Crippen LogP contribution in [-0.4, -0.2) is 52.4 Å². The maximum atomic E-state index is 12.2. The van der Waals surface area contributed by atoms with E-state index in [9.17, 15) is 8.42 Å². The van der Waals surface area contributed by atoms with Crippen molar-refractivity contribution in [3.05, 3.63) is 18.1 Å². The van der Waals surface area contributed by atoms with E-state index in [1.165, 1.54) is 6.33 Å². The monoisotopic (exact) mass is 336 g/mol. The number of nitrogens with zero attached hydrogens (tertiary/aromatic N) is 5. The molecule has 8 nitrogen and oxygen atoms in total. The largest absolute Gasteiger partial charge is 0.355 e. The van der Waals surface area contributed by atoms with Crippen LogP contribution in [0.25, 0.3) is 5.78 Å². The third kappa shape index (κ3) is 2.90. The Hall–Kier alpha value is -1.74. The van der Waals surface area contributed by atoms with Gasteiger partial charge >= 0.3 is 0 Å². The highest BCUT2D eigenvalue weighted by Gasteiger charge is 2.37. The Morgan fingerprint density at radius 1 is 1.30 bits per heavy atom. The minimum absolute atomic E-state index is 0.0543. The zero-order chi connectivity index (χ0) is 16.0. The maximum absolute atomic E-state index is 12.2. The van der Waals surface area contributed by atoms with Crippen LogP contribution in [0.1, 0.15) is 31.4 Å². The van der Waals surface area contributed by atoms with Gasteiger partial charge in [-0.3, -0.25) is 0 Å². The van der Waals surface area contributed by atoms with Crippen molar-refractivity contribution in [3.8, 4) is 0 Å². The summed E-state index contributed by atoms with van der Waals surface area (Å²) in [5.41, 5.74) is 0.876. The average molecular weight is 336 g/mol. The summed E-state index contributed by atoms with van der Waals surface area (Å²) in [5.74, 6) is 1.49. The molecule has 1 aliphatic carbocycles. The van der Waals surface area contributed by atoms with Crippen LogP contribution in [0.3, 0.4) is 0 Å². The summed E-state index contributed by atoms with van der Waals surface area (Å²) in [6, 6.07) is 1.92. The van der Waals surface area contributed by atoms with Crippen molar-refractivity contribution < 1.29 is 8.42 Å². The van der Waals surface area contributed by atoms with Crippen molar-refractivity contribution in [1.29, 1.82) is 0 Å². The smallest absolute Gasteiger partial charge is 0.254 e. The van der Waals surface area contributed by atoms with Gasteiger partial charge in [0.05, 0.1) is 5.25 Å². The molecule has 2 fully saturated rings. The van der Waals surface area contributed by atoms with Crippen LogP contribution in [0.5, 0.6) is 0 Å². The van der Waals surface area contributed by atoms with Gasteiger partial charge in [0.25, 0.3) is 5.78 Å². The number of sulfonamides is 1. The van der Waals surface area contributed by atoms with Gasteiger partial charge < -0.3 is 4.90 Å². The third-order valence-electron chi connectivity index (χ3n) is 4.40. The van der Waals surface area contributed by atoms with Crippen molar-refractivity contribution in [3.63, 3.8) is 0 Å². The normalized spacial score (nSPS) is 22.7. The molecule has 23 heavy (non-hydrogen) atoms. The van der Waals surface area contributed by atoms with E-state index in [2.05, 4.69) is 24.7 Å². The van der Waals surface area contributed by atoms with Gasteiger partial charge in [-0.1, -0.05) is 0 Å². The number of aryl methyl sites for hydroxylation is 1. The van der Waals surface area contributed by atoms with Gasteiger partial charge in [-0.25, -0.2) is 18.1 Å². The number of piperidine rings is 1. The summed E-state index contributed by atoms with van der Waals surface area (Å²) in [6.07, 6.45) is 4.87. The molecule has 3 heterocycles. The van der Waals surface area contributed by atoms with E-state index >= 15 is 0 Å². The summed E-state index contributed by atoms with van der Waals surface area (Å²) in [4.78, 5) is 10.7. The van der Waals surface area contributed by atoms with Crippen LogP contribution in [0, 0.1) is 6.92 Å². The number of anilines is 1. The first kappa shape index (κ1) is 14.8. The molecule has 1 saturated carbocycles. The molecule has 1 N–H and O–H groups in total. The summed E-state index contributed by atoms with van der Waals surface area (Å²) < 4.78 is 28.9. The number of hydrogen-bond donors (Lipinski definition) is 1. The number of rotatable bonds is 4. The quantitative estimate of drug-likeness (QED) is 0.873. The van der Waals surface area contributed by atoms with Crippen LogP contribution in [0.4, 0.5) is 5.82 Å². The molecule has 2 aromatic rings. The molecule has 0 aromatic carbocycles. The van der Waals surface area contributed by atoms with Crippen molar-refractivity contribution in [2.75, 3.05) is 18.0 Å². The molecule has 0 radical (unpaired) electrons. The summed E-state index contributed by atoms with van der Waals surface area (Å²) in [5, 5.41) is 4.06. The molecule has 1 aliphatic heterocycles. The Morgan fingerprint density at radius 3 is 2.91 bits per heavy atom. The Balaban J connectivity index is 1.57. The standard InChI is InChI=1S/C14H20N6O2S/c1-10-7-13(20-14(17-10)15-9-16-20)19-6-2-3-11(8-19)18-23(21,22)12-4-5-12/h7,9,11-12,18H,2-6,8H2,1H3. The second-order valence-corrected chi connectivity index (χ2v) is 8.37. The van der Waals surface area contributed by atoms with Gasteiger partial charge in [-0.15, -0.1) is 0 Å². The van der Waals surface area contributed by atoms with E-state index in [1.807, 2.05) is 13.0 Å². The minimum atomic E-state index is -3.16. The molecule has 1 unspecified atom stereocenters. The average Bonchev–Trinajstić information content (AvgIpc) is 3.27. The molecule has 0 spiro atoms. The molecule has 1 atom stereocenters. The van der Waals surface area contributed by atoms with Crippen LogP contribution < -0.4 is 9.62 Å². The van der Waals surface area contributed by atoms with E-state index in [0.717, 1.165) is 43.7 Å². The number of aromatic nitrogens is 4. The van der Waals surface area contributed by atoms with Crippen molar-refractivity contribution >= 4 is 21.6 Å². The number of nitrogens with one attached hydrogen (secondary N) is 1. The fourth-order valence-electron chi connectivity index (χ4n) is 3.12. The predicted molar refractivity (Wildman–Crippen MR) is 85.8 cm³/mol. The van der Waals surface area contributed by atoms with Gasteiger partial charge in [-0.05, 0) is 32.6 Å². The second kappa shape index (κ2) is 5.41.